The second-order valence-electron chi connectivity index (χ2n) is 3.63. The summed E-state index contributed by atoms with van der Waals surface area (Å²) in [6, 6.07) is 7.50. The first-order valence-electron chi connectivity index (χ1n) is 4.88. The zero-order chi connectivity index (χ0) is 11.7. The molecule has 0 bridgehead atoms. The molecule has 0 fully saturated rings. The molecule has 3 nitrogen and oxygen atoms in total. The largest absolute Gasteiger partial charge is 0.385 e. The Bertz CT molecular complexity index is 543. The highest BCUT2D eigenvalue weighted by Gasteiger charge is 2.12. The van der Waals surface area contributed by atoms with Crippen molar-refractivity contribution in [2.24, 2.45) is 0 Å². The fraction of sp³-hybridized carbons (Fsp3) is 0.0833. The number of benzene rings is 1. The number of nitrogens with two attached hydrogens (primary N) is 1. The van der Waals surface area contributed by atoms with Crippen molar-refractivity contribution in [1.82, 2.24) is 4.98 Å². The van der Waals surface area contributed by atoms with Gasteiger partial charge >= 0.3 is 0 Å². The lowest BCUT2D eigenvalue weighted by Gasteiger charge is -2.04. The van der Waals surface area contributed by atoms with Gasteiger partial charge in [-0.15, -0.1) is 0 Å². The first-order chi connectivity index (χ1) is 7.59. The van der Waals surface area contributed by atoms with E-state index in [4.69, 9.17) is 22.7 Å². The van der Waals surface area contributed by atoms with Gasteiger partial charge in [0.05, 0.1) is 0 Å². The summed E-state index contributed by atoms with van der Waals surface area (Å²) in [4.78, 5) is 2.93. The van der Waals surface area contributed by atoms with E-state index in [1.165, 1.54) is 0 Å². The molecule has 1 aromatic heterocycles. The minimum Gasteiger partial charge on any atom is -0.385 e. The number of hydrogen-bond donors (Lipinski definition) is 3. The number of anilines is 1. The van der Waals surface area contributed by atoms with Crippen molar-refractivity contribution < 1.29 is 0 Å². The fourth-order valence-electron chi connectivity index (χ4n) is 1.73. The molecular weight excluding hydrogens is 222 g/mol. The predicted octanol–water partition coefficient (Wildman–Crippen LogP) is 3.31. The van der Waals surface area contributed by atoms with Crippen molar-refractivity contribution in [1.29, 1.82) is 5.41 Å². The first-order valence-corrected chi connectivity index (χ1v) is 5.25. The van der Waals surface area contributed by atoms with Crippen molar-refractivity contribution in [3.8, 4) is 11.1 Å². The number of nitrogens with one attached hydrogen (secondary N) is 2. The third-order valence-electron chi connectivity index (χ3n) is 2.42. The number of aromatic nitrogens is 1. The molecular formula is C12H12ClN3. The number of nitrogen functional groups attached to an aromatic ring is 1. The average molecular weight is 234 g/mol. The van der Waals surface area contributed by atoms with E-state index >= 15 is 0 Å². The summed E-state index contributed by atoms with van der Waals surface area (Å²) in [6.07, 6.45) is 1.80. The Labute approximate surface area is 98.8 Å². The highest BCUT2D eigenvalue weighted by Crippen LogP contribution is 2.29. The van der Waals surface area contributed by atoms with Crippen LogP contribution >= 0.6 is 11.6 Å². The smallest absolute Gasteiger partial charge is 0.110 e. The lowest BCUT2D eigenvalue weighted by Crippen LogP contribution is -1.98. The molecule has 0 aliphatic heterocycles. The summed E-state index contributed by atoms with van der Waals surface area (Å²) < 4.78 is 0. The van der Waals surface area contributed by atoms with Crippen molar-refractivity contribution in [3.05, 3.63) is 41.0 Å². The number of H-pyrrole nitrogens is 1. The Morgan fingerprint density at radius 1 is 1.44 bits per heavy atom. The SMILES string of the molecule is CC(=N)c1c(-c2cccc(Cl)c2)c[nH]c1N. The van der Waals surface area contributed by atoms with Crippen LogP contribution in [0.5, 0.6) is 0 Å². The van der Waals surface area contributed by atoms with Gasteiger partial charge in [0, 0.05) is 28.1 Å². The normalized spacial score (nSPS) is 10.4. The zero-order valence-corrected chi connectivity index (χ0v) is 9.60. The summed E-state index contributed by atoms with van der Waals surface area (Å²) in [5, 5.41) is 8.38. The van der Waals surface area contributed by atoms with E-state index in [0.717, 1.165) is 16.7 Å². The van der Waals surface area contributed by atoms with Crippen LogP contribution in [-0.4, -0.2) is 10.7 Å². The van der Waals surface area contributed by atoms with E-state index in [9.17, 15) is 0 Å². The maximum atomic E-state index is 7.70. The van der Waals surface area contributed by atoms with Crippen molar-refractivity contribution in [3.63, 3.8) is 0 Å². The number of rotatable bonds is 2. The zero-order valence-electron chi connectivity index (χ0n) is 8.84. The van der Waals surface area contributed by atoms with Crippen LogP contribution < -0.4 is 5.73 Å². The Kier molecular flexibility index (Phi) is 2.71. The molecule has 0 radical (unpaired) electrons. The number of aromatic amines is 1. The third kappa shape index (κ3) is 1.82. The van der Waals surface area contributed by atoms with E-state index < -0.39 is 0 Å². The van der Waals surface area contributed by atoms with Crippen molar-refractivity contribution in [2.75, 3.05) is 5.73 Å². The lowest BCUT2D eigenvalue weighted by molar-refractivity contribution is 1.40. The standard InChI is InChI=1S/C12H12ClN3/c1-7(14)11-10(6-16-12(11)15)8-3-2-4-9(13)5-8/h2-6,14,16H,15H2,1H3. The Hall–Kier alpha value is -1.74. The minimum atomic E-state index is 0.439. The molecule has 0 spiro atoms. The van der Waals surface area contributed by atoms with Gasteiger partial charge in [0.2, 0.25) is 0 Å². The van der Waals surface area contributed by atoms with Crippen LogP contribution in [0.25, 0.3) is 11.1 Å². The van der Waals surface area contributed by atoms with Gasteiger partial charge < -0.3 is 16.1 Å². The quantitative estimate of drug-likeness (QED) is 0.685. The predicted molar refractivity (Wildman–Crippen MR) is 68.2 cm³/mol. The number of halogens is 1. The van der Waals surface area contributed by atoms with Crippen LogP contribution in [0.1, 0.15) is 12.5 Å². The molecule has 4 heteroatoms. The van der Waals surface area contributed by atoms with Gasteiger partial charge in [-0.05, 0) is 24.6 Å². The molecule has 2 rings (SSSR count). The van der Waals surface area contributed by atoms with Gasteiger partial charge in [0.1, 0.15) is 5.82 Å². The Morgan fingerprint density at radius 2 is 2.19 bits per heavy atom. The van der Waals surface area contributed by atoms with Crippen LogP contribution in [0.4, 0.5) is 5.82 Å². The van der Waals surface area contributed by atoms with Crippen LogP contribution in [0.15, 0.2) is 30.5 Å². The summed E-state index contributed by atoms with van der Waals surface area (Å²) >= 11 is 5.94. The maximum Gasteiger partial charge on any atom is 0.110 e. The Balaban J connectivity index is 2.60. The first kappa shape index (κ1) is 10.8. The molecule has 1 heterocycles. The van der Waals surface area contributed by atoms with Gasteiger partial charge in [0.15, 0.2) is 0 Å². The van der Waals surface area contributed by atoms with Crippen LogP contribution in [0.3, 0.4) is 0 Å². The molecule has 1 aromatic carbocycles. The van der Waals surface area contributed by atoms with Gasteiger partial charge in [-0.3, -0.25) is 0 Å². The molecule has 0 unspecified atom stereocenters. The lowest BCUT2D eigenvalue weighted by atomic mass is 10.0. The molecule has 82 valence electrons. The summed E-state index contributed by atoms with van der Waals surface area (Å²) in [5.41, 5.74) is 8.84. The van der Waals surface area contributed by atoms with E-state index in [-0.39, 0.29) is 0 Å². The van der Waals surface area contributed by atoms with Crippen LogP contribution in [0.2, 0.25) is 5.02 Å². The topological polar surface area (TPSA) is 65.7 Å². The van der Waals surface area contributed by atoms with Gasteiger partial charge in [-0.25, -0.2) is 0 Å². The maximum absolute atomic E-state index is 7.70. The fourth-order valence-corrected chi connectivity index (χ4v) is 1.92. The van der Waals surface area contributed by atoms with E-state index in [0.29, 0.717) is 16.6 Å². The van der Waals surface area contributed by atoms with Gasteiger partial charge in [0.25, 0.3) is 0 Å². The van der Waals surface area contributed by atoms with Crippen LogP contribution in [0, 0.1) is 5.41 Å². The molecule has 0 aliphatic carbocycles. The molecule has 0 amide bonds. The van der Waals surface area contributed by atoms with Crippen LogP contribution in [-0.2, 0) is 0 Å². The molecule has 2 aromatic rings. The highest BCUT2D eigenvalue weighted by atomic mass is 35.5. The van der Waals surface area contributed by atoms with E-state index in [1.54, 1.807) is 13.1 Å². The molecule has 4 N–H and O–H groups in total. The molecule has 16 heavy (non-hydrogen) atoms. The Morgan fingerprint density at radius 3 is 2.81 bits per heavy atom. The van der Waals surface area contributed by atoms with Crippen molar-refractivity contribution in [2.45, 2.75) is 6.92 Å². The molecule has 0 saturated carbocycles. The second-order valence-corrected chi connectivity index (χ2v) is 4.06. The third-order valence-corrected chi connectivity index (χ3v) is 2.66. The second kappa shape index (κ2) is 4.02. The summed E-state index contributed by atoms with van der Waals surface area (Å²) in [6.45, 7) is 1.72. The monoisotopic (exact) mass is 233 g/mol. The minimum absolute atomic E-state index is 0.439. The highest BCUT2D eigenvalue weighted by molar-refractivity contribution is 6.30. The summed E-state index contributed by atoms with van der Waals surface area (Å²) in [5.74, 6) is 0.516. The number of hydrogen-bond acceptors (Lipinski definition) is 2. The molecule has 0 saturated heterocycles. The average Bonchev–Trinajstić information content (AvgIpc) is 2.60. The molecule has 0 aliphatic rings. The van der Waals surface area contributed by atoms with Gasteiger partial charge in [-0.1, -0.05) is 23.7 Å². The van der Waals surface area contributed by atoms with E-state index in [2.05, 4.69) is 4.98 Å². The van der Waals surface area contributed by atoms with Crippen molar-refractivity contribution >= 4 is 23.1 Å². The van der Waals surface area contributed by atoms with Gasteiger partial charge in [-0.2, -0.15) is 0 Å². The molecule has 0 atom stereocenters. The van der Waals surface area contributed by atoms with E-state index in [1.807, 2.05) is 24.3 Å². The summed E-state index contributed by atoms with van der Waals surface area (Å²) in [7, 11) is 0.